The maximum atomic E-state index is 11.8. The maximum Gasteiger partial charge on any atom is 0.407 e. The predicted molar refractivity (Wildman–Crippen MR) is 75.4 cm³/mol. The molecule has 1 aliphatic rings. The van der Waals surface area contributed by atoms with E-state index >= 15 is 0 Å². The molecule has 0 spiro atoms. The van der Waals surface area contributed by atoms with Gasteiger partial charge in [0.05, 0.1) is 18.2 Å². The fourth-order valence-electron chi connectivity index (χ4n) is 2.49. The molecule has 3 rings (SSSR count). The Balaban J connectivity index is 1.51. The molecule has 1 amide bonds. The maximum absolute atomic E-state index is 11.8. The number of ether oxygens (including phenoxy) is 1. The Bertz CT molecular complexity index is 585. The molecule has 110 valence electrons. The zero-order chi connectivity index (χ0) is 14.7. The standard InChI is InChI=1S/C15H17N3O3/c19-13-9-12(14(13)18-8-4-7-16-18)17-15(20)21-10-11-5-2-1-3-6-11/h1-8,12-14,19H,9-10H2,(H,17,20). The van der Waals surface area contributed by atoms with Gasteiger partial charge in [0.25, 0.3) is 0 Å². The van der Waals surface area contributed by atoms with Crippen molar-refractivity contribution in [2.75, 3.05) is 0 Å². The van der Waals surface area contributed by atoms with Gasteiger partial charge in [-0.15, -0.1) is 0 Å². The highest BCUT2D eigenvalue weighted by molar-refractivity contribution is 5.68. The first-order valence-electron chi connectivity index (χ1n) is 6.88. The summed E-state index contributed by atoms with van der Waals surface area (Å²) in [6.07, 6.45) is 2.95. The fraction of sp³-hybridized carbons (Fsp3) is 0.333. The second kappa shape index (κ2) is 5.97. The van der Waals surface area contributed by atoms with Crippen molar-refractivity contribution in [1.29, 1.82) is 0 Å². The molecule has 2 aromatic rings. The largest absolute Gasteiger partial charge is 0.445 e. The molecule has 2 N–H and O–H groups in total. The fourth-order valence-corrected chi connectivity index (χ4v) is 2.49. The molecule has 1 aromatic heterocycles. The van der Waals surface area contributed by atoms with E-state index in [9.17, 15) is 9.90 Å². The van der Waals surface area contributed by atoms with E-state index < -0.39 is 12.2 Å². The summed E-state index contributed by atoms with van der Waals surface area (Å²) in [4.78, 5) is 11.8. The van der Waals surface area contributed by atoms with Gasteiger partial charge in [-0.1, -0.05) is 30.3 Å². The van der Waals surface area contributed by atoms with Crippen molar-refractivity contribution in [3.63, 3.8) is 0 Å². The van der Waals surface area contributed by atoms with E-state index in [0.29, 0.717) is 6.42 Å². The third kappa shape index (κ3) is 3.05. The molecule has 0 radical (unpaired) electrons. The second-order valence-electron chi connectivity index (χ2n) is 5.09. The Hall–Kier alpha value is -2.34. The summed E-state index contributed by atoms with van der Waals surface area (Å²) < 4.78 is 6.84. The van der Waals surface area contributed by atoms with Crippen LogP contribution in [0.15, 0.2) is 48.8 Å². The number of aromatic nitrogens is 2. The van der Waals surface area contributed by atoms with Crippen molar-refractivity contribution in [3.05, 3.63) is 54.4 Å². The number of nitrogens with zero attached hydrogens (tertiary/aromatic N) is 2. The Morgan fingerprint density at radius 2 is 2.19 bits per heavy atom. The van der Waals surface area contributed by atoms with E-state index in [0.717, 1.165) is 5.56 Å². The SMILES string of the molecule is O=C(NC1CC(O)C1n1cccn1)OCc1ccccc1. The number of hydrogen-bond donors (Lipinski definition) is 2. The van der Waals surface area contributed by atoms with Crippen LogP contribution in [0.2, 0.25) is 0 Å². The van der Waals surface area contributed by atoms with Crippen LogP contribution in [0.3, 0.4) is 0 Å². The molecule has 0 bridgehead atoms. The van der Waals surface area contributed by atoms with Crippen LogP contribution in [0.4, 0.5) is 4.79 Å². The van der Waals surface area contributed by atoms with Crippen molar-refractivity contribution in [1.82, 2.24) is 15.1 Å². The van der Waals surface area contributed by atoms with Gasteiger partial charge in [-0.3, -0.25) is 4.68 Å². The summed E-state index contributed by atoms with van der Waals surface area (Å²) in [6.45, 7) is 0.231. The average Bonchev–Trinajstić information content (AvgIpc) is 2.99. The van der Waals surface area contributed by atoms with E-state index in [-0.39, 0.29) is 18.7 Å². The lowest BCUT2D eigenvalue weighted by Crippen LogP contribution is -2.56. The van der Waals surface area contributed by atoms with Crippen molar-refractivity contribution in [2.24, 2.45) is 0 Å². The van der Waals surface area contributed by atoms with Gasteiger partial charge in [-0.2, -0.15) is 5.10 Å². The number of benzene rings is 1. The van der Waals surface area contributed by atoms with Crippen molar-refractivity contribution >= 4 is 6.09 Å². The van der Waals surface area contributed by atoms with Crippen LogP contribution in [-0.2, 0) is 11.3 Å². The highest BCUT2D eigenvalue weighted by Crippen LogP contribution is 2.32. The van der Waals surface area contributed by atoms with Crippen LogP contribution in [0, 0.1) is 0 Å². The zero-order valence-electron chi connectivity index (χ0n) is 11.4. The monoisotopic (exact) mass is 287 g/mol. The van der Waals surface area contributed by atoms with E-state index in [4.69, 9.17) is 4.74 Å². The Morgan fingerprint density at radius 1 is 1.38 bits per heavy atom. The van der Waals surface area contributed by atoms with Gasteiger partial charge in [0.1, 0.15) is 6.61 Å². The van der Waals surface area contributed by atoms with Gasteiger partial charge in [0, 0.05) is 12.4 Å². The molecular weight excluding hydrogens is 270 g/mol. The number of carbonyl (C=O) groups is 1. The number of hydrogen-bond acceptors (Lipinski definition) is 4. The summed E-state index contributed by atoms with van der Waals surface area (Å²) in [7, 11) is 0. The molecule has 1 aliphatic carbocycles. The molecule has 3 unspecified atom stereocenters. The number of carbonyl (C=O) groups excluding carboxylic acids is 1. The smallest absolute Gasteiger partial charge is 0.407 e. The zero-order valence-corrected chi connectivity index (χ0v) is 11.4. The first kappa shape index (κ1) is 13.6. The van der Waals surface area contributed by atoms with E-state index in [1.165, 1.54) is 0 Å². The second-order valence-corrected chi connectivity index (χ2v) is 5.09. The molecule has 1 heterocycles. The molecule has 0 aliphatic heterocycles. The van der Waals surface area contributed by atoms with Gasteiger partial charge >= 0.3 is 6.09 Å². The molecule has 6 heteroatoms. The van der Waals surface area contributed by atoms with Crippen LogP contribution in [0.1, 0.15) is 18.0 Å². The Kier molecular flexibility index (Phi) is 3.87. The number of rotatable bonds is 4. The minimum absolute atomic E-state index is 0.164. The third-order valence-corrected chi connectivity index (χ3v) is 3.65. The quantitative estimate of drug-likeness (QED) is 0.893. The lowest BCUT2D eigenvalue weighted by molar-refractivity contribution is -0.00791. The van der Waals surface area contributed by atoms with Crippen LogP contribution in [-0.4, -0.2) is 33.1 Å². The van der Waals surface area contributed by atoms with E-state index in [2.05, 4.69) is 10.4 Å². The summed E-state index contributed by atoms with van der Waals surface area (Å²) in [5, 5.41) is 16.7. The predicted octanol–water partition coefficient (Wildman–Crippen LogP) is 1.48. The molecule has 1 aromatic carbocycles. The average molecular weight is 287 g/mol. The van der Waals surface area contributed by atoms with Gasteiger partial charge in [-0.25, -0.2) is 4.79 Å². The van der Waals surface area contributed by atoms with Crippen molar-refractivity contribution in [2.45, 2.75) is 31.2 Å². The Morgan fingerprint density at radius 3 is 2.86 bits per heavy atom. The van der Waals surface area contributed by atoms with Crippen LogP contribution in [0.25, 0.3) is 0 Å². The first-order chi connectivity index (χ1) is 10.2. The Labute approximate surface area is 122 Å². The molecule has 1 saturated carbocycles. The van der Waals surface area contributed by atoms with Crippen molar-refractivity contribution in [3.8, 4) is 0 Å². The number of aliphatic hydroxyl groups excluding tert-OH is 1. The summed E-state index contributed by atoms with van der Waals surface area (Å²) in [5.41, 5.74) is 0.935. The highest BCUT2D eigenvalue weighted by Gasteiger charge is 2.42. The first-order valence-corrected chi connectivity index (χ1v) is 6.88. The lowest BCUT2D eigenvalue weighted by Gasteiger charge is -2.41. The molecule has 21 heavy (non-hydrogen) atoms. The number of aliphatic hydroxyl groups is 1. The van der Waals surface area contributed by atoms with Crippen LogP contribution < -0.4 is 5.32 Å². The van der Waals surface area contributed by atoms with Crippen molar-refractivity contribution < 1.29 is 14.6 Å². The summed E-state index contributed by atoms with van der Waals surface area (Å²) in [5.74, 6) is 0. The highest BCUT2D eigenvalue weighted by atomic mass is 16.5. The molecule has 3 atom stereocenters. The third-order valence-electron chi connectivity index (χ3n) is 3.65. The molecular formula is C15H17N3O3. The van der Waals surface area contributed by atoms with Gasteiger partial charge < -0.3 is 15.2 Å². The van der Waals surface area contributed by atoms with Gasteiger partial charge in [0.15, 0.2) is 0 Å². The minimum atomic E-state index is -0.496. The number of alkyl carbamates (subject to hydrolysis) is 1. The topological polar surface area (TPSA) is 76.4 Å². The normalized spacial score (nSPS) is 24.1. The van der Waals surface area contributed by atoms with Gasteiger partial charge in [-0.05, 0) is 18.1 Å². The molecule has 6 nitrogen and oxygen atoms in total. The number of nitrogens with one attached hydrogen (secondary N) is 1. The minimum Gasteiger partial charge on any atom is -0.445 e. The summed E-state index contributed by atoms with van der Waals surface area (Å²) >= 11 is 0. The van der Waals surface area contributed by atoms with E-state index in [1.54, 1.807) is 23.1 Å². The number of amides is 1. The lowest BCUT2D eigenvalue weighted by atomic mass is 9.83. The van der Waals surface area contributed by atoms with E-state index in [1.807, 2.05) is 30.3 Å². The van der Waals surface area contributed by atoms with Gasteiger partial charge in [0.2, 0.25) is 0 Å². The van der Waals surface area contributed by atoms with Crippen LogP contribution >= 0.6 is 0 Å². The summed E-state index contributed by atoms with van der Waals surface area (Å²) in [6, 6.07) is 10.9. The van der Waals surface area contributed by atoms with Crippen LogP contribution in [0.5, 0.6) is 0 Å². The molecule has 0 saturated heterocycles. The molecule has 1 fully saturated rings.